The molecular weight excluding hydrogens is 328 g/mol. The fourth-order valence-electron chi connectivity index (χ4n) is 5.46. The number of para-hydroxylation sites is 1. The van der Waals surface area contributed by atoms with Crippen LogP contribution in [0.3, 0.4) is 0 Å². The van der Waals surface area contributed by atoms with Crippen LogP contribution in [0.4, 0.5) is 5.69 Å². The van der Waals surface area contributed by atoms with Gasteiger partial charge in [-0.2, -0.15) is 0 Å². The van der Waals surface area contributed by atoms with E-state index < -0.39 is 0 Å². The second-order valence-corrected chi connectivity index (χ2v) is 7.98. The van der Waals surface area contributed by atoms with E-state index in [0.717, 1.165) is 24.1 Å². The molecule has 5 heteroatoms. The van der Waals surface area contributed by atoms with Gasteiger partial charge in [0.2, 0.25) is 17.7 Å². The maximum absolute atomic E-state index is 12.9. The highest BCUT2D eigenvalue weighted by Crippen LogP contribution is 2.65. The minimum absolute atomic E-state index is 0.149. The second kappa shape index (κ2) is 5.53. The highest BCUT2D eigenvalue weighted by atomic mass is 16.2. The molecule has 1 N–H and O–H groups in total. The molecule has 1 heterocycles. The Balaban J connectivity index is 1.33. The molecule has 0 spiro atoms. The van der Waals surface area contributed by atoms with Crippen LogP contribution in [0.15, 0.2) is 36.4 Å². The van der Waals surface area contributed by atoms with Gasteiger partial charge in [-0.25, -0.2) is 0 Å². The molecule has 0 aromatic heterocycles. The van der Waals surface area contributed by atoms with Crippen LogP contribution in [-0.4, -0.2) is 29.2 Å². The van der Waals surface area contributed by atoms with Crippen molar-refractivity contribution in [2.24, 2.45) is 35.5 Å². The lowest BCUT2D eigenvalue weighted by Crippen LogP contribution is -2.40. The predicted octanol–water partition coefficient (Wildman–Crippen LogP) is 2.24. The number of hydrogen-bond acceptors (Lipinski definition) is 3. The van der Waals surface area contributed by atoms with Crippen molar-refractivity contribution in [2.45, 2.75) is 19.8 Å². The van der Waals surface area contributed by atoms with Gasteiger partial charge in [0, 0.05) is 5.69 Å². The number of imide groups is 1. The van der Waals surface area contributed by atoms with Crippen molar-refractivity contribution in [3.63, 3.8) is 0 Å². The summed E-state index contributed by atoms with van der Waals surface area (Å²) in [7, 11) is 0. The summed E-state index contributed by atoms with van der Waals surface area (Å²) < 4.78 is 0. The normalized spacial score (nSPS) is 36.1. The number of nitrogens with zero attached hydrogens (tertiary/aromatic N) is 1. The van der Waals surface area contributed by atoms with Gasteiger partial charge in [0.05, 0.1) is 11.8 Å². The summed E-state index contributed by atoms with van der Waals surface area (Å²) >= 11 is 0. The topological polar surface area (TPSA) is 66.5 Å². The average Bonchev–Trinajstić information content (AvgIpc) is 3.43. The minimum atomic E-state index is -0.309. The standard InChI is InChI=1S/C21H22N2O3/c1-2-11-5-3-4-6-16(11)22-17(24)10-23-20(25)18-12-7-8-13(15-9-14(12)15)19(18)21(23)26/h3-8,12-15,18-19H,2,9-10H2,1H3,(H,22,24)/t12-,13+,14-,15-,18+,19+/m1/s1. The molecule has 26 heavy (non-hydrogen) atoms. The van der Waals surface area contributed by atoms with Crippen LogP contribution in [0, 0.1) is 35.5 Å². The largest absolute Gasteiger partial charge is 0.324 e. The first-order chi connectivity index (χ1) is 12.6. The molecule has 6 atom stereocenters. The van der Waals surface area contributed by atoms with E-state index >= 15 is 0 Å². The highest BCUT2D eigenvalue weighted by Gasteiger charge is 2.67. The van der Waals surface area contributed by atoms with Crippen molar-refractivity contribution >= 4 is 23.4 Å². The van der Waals surface area contributed by atoms with Crippen molar-refractivity contribution in [1.82, 2.24) is 4.90 Å². The average molecular weight is 350 g/mol. The lowest BCUT2D eigenvalue weighted by atomic mass is 9.63. The predicted molar refractivity (Wildman–Crippen MR) is 95.9 cm³/mol. The number of hydrogen-bond donors (Lipinski definition) is 1. The minimum Gasteiger partial charge on any atom is -0.324 e. The number of carbonyl (C=O) groups excluding carboxylic acids is 3. The van der Waals surface area contributed by atoms with E-state index in [1.54, 1.807) is 0 Å². The van der Waals surface area contributed by atoms with E-state index in [4.69, 9.17) is 0 Å². The van der Waals surface area contributed by atoms with Crippen LogP contribution in [0.2, 0.25) is 0 Å². The second-order valence-electron chi connectivity index (χ2n) is 7.98. The zero-order chi connectivity index (χ0) is 18.0. The summed E-state index contributed by atoms with van der Waals surface area (Å²) in [6.45, 7) is 1.84. The molecule has 134 valence electrons. The Morgan fingerprint density at radius 3 is 2.31 bits per heavy atom. The van der Waals surface area contributed by atoms with Gasteiger partial charge in [0.15, 0.2) is 0 Å². The van der Waals surface area contributed by atoms with E-state index in [1.807, 2.05) is 31.2 Å². The monoisotopic (exact) mass is 350 g/mol. The highest BCUT2D eigenvalue weighted by molar-refractivity contribution is 6.09. The number of likely N-dealkylation sites (tertiary alicyclic amines) is 1. The summed E-state index contributed by atoms with van der Waals surface area (Å²) in [6.07, 6.45) is 6.24. The Morgan fingerprint density at radius 2 is 1.69 bits per heavy atom. The zero-order valence-electron chi connectivity index (χ0n) is 14.7. The van der Waals surface area contributed by atoms with Crippen molar-refractivity contribution < 1.29 is 14.4 Å². The fraction of sp³-hybridized carbons (Fsp3) is 0.476. The Morgan fingerprint density at radius 1 is 1.08 bits per heavy atom. The van der Waals surface area contributed by atoms with Gasteiger partial charge in [0.25, 0.3) is 0 Å². The van der Waals surface area contributed by atoms with Crippen LogP contribution in [0.1, 0.15) is 18.9 Å². The summed E-state index contributed by atoms with van der Waals surface area (Å²) in [6, 6.07) is 7.61. The molecule has 1 aliphatic heterocycles. The summed E-state index contributed by atoms with van der Waals surface area (Å²) in [4.78, 5) is 39.5. The molecular formula is C21H22N2O3. The molecule has 0 radical (unpaired) electrons. The van der Waals surface area contributed by atoms with Gasteiger partial charge >= 0.3 is 0 Å². The lowest BCUT2D eigenvalue weighted by molar-refractivity contribution is -0.142. The zero-order valence-corrected chi connectivity index (χ0v) is 14.7. The maximum atomic E-state index is 12.9. The first-order valence-electron chi connectivity index (χ1n) is 9.51. The molecule has 1 aromatic rings. The molecule has 3 amide bonds. The fourth-order valence-corrected chi connectivity index (χ4v) is 5.46. The molecule has 3 fully saturated rings. The first-order valence-corrected chi connectivity index (χ1v) is 9.51. The van der Waals surface area contributed by atoms with E-state index in [9.17, 15) is 14.4 Å². The maximum Gasteiger partial charge on any atom is 0.244 e. The van der Waals surface area contributed by atoms with Gasteiger partial charge in [-0.3, -0.25) is 19.3 Å². The first kappa shape index (κ1) is 15.8. The number of nitrogens with one attached hydrogen (secondary N) is 1. The number of aryl methyl sites for hydroxylation is 1. The van der Waals surface area contributed by atoms with E-state index in [1.165, 1.54) is 4.90 Å². The van der Waals surface area contributed by atoms with Crippen LogP contribution in [0.5, 0.6) is 0 Å². The van der Waals surface area contributed by atoms with Crippen LogP contribution < -0.4 is 5.32 Å². The van der Waals surface area contributed by atoms with Gasteiger partial charge in [-0.15, -0.1) is 0 Å². The van der Waals surface area contributed by atoms with E-state index in [0.29, 0.717) is 11.8 Å². The van der Waals surface area contributed by atoms with Gasteiger partial charge in [-0.05, 0) is 48.1 Å². The molecule has 2 saturated carbocycles. The Bertz CT molecular complexity index is 809. The Kier molecular flexibility index (Phi) is 3.36. The van der Waals surface area contributed by atoms with Crippen LogP contribution >= 0.6 is 0 Å². The third-order valence-corrected chi connectivity index (χ3v) is 6.73. The number of amides is 3. The van der Waals surface area contributed by atoms with Crippen molar-refractivity contribution in [1.29, 1.82) is 0 Å². The summed E-state index contributed by atoms with van der Waals surface area (Å²) in [5.74, 6) is 0.458. The van der Waals surface area contributed by atoms with E-state index in [2.05, 4.69) is 17.5 Å². The number of benzene rings is 1. The lowest BCUT2D eigenvalue weighted by Gasteiger charge is -2.37. The van der Waals surface area contributed by atoms with Gasteiger partial charge in [0.1, 0.15) is 6.54 Å². The summed E-state index contributed by atoms with van der Waals surface area (Å²) in [5, 5.41) is 2.87. The molecule has 1 aromatic carbocycles. The quantitative estimate of drug-likeness (QED) is 0.669. The Hall–Kier alpha value is -2.43. The van der Waals surface area contributed by atoms with Gasteiger partial charge < -0.3 is 5.32 Å². The molecule has 2 bridgehead atoms. The third-order valence-electron chi connectivity index (χ3n) is 6.73. The van der Waals surface area contributed by atoms with Crippen molar-refractivity contribution in [3.8, 4) is 0 Å². The third kappa shape index (κ3) is 2.12. The molecule has 1 saturated heterocycles. The summed E-state index contributed by atoms with van der Waals surface area (Å²) in [5.41, 5.74) is 1.79. The number of anilines is 1. The van der Waals surface area contributed by atoms with E-state index in [-0.39, 0.29) is 47.9 Å². The molecule has 0 unspecified atom stereocenters. The number of carbonyl (C=O) groups is 3. The molecule has 5 nitrogen and oxygen atoms in total. The smallest absolute Gasteiger partial charge is 0.244 e. The van der Waals surface area contributed by atoms with Crippen molar-refractivity contribution in [2.75, 3.05) is 11.9 Å². The van der Waals surface area contributed by atoms with Crippen LogP contribution in [-0.2, 0) is 20.8 Å². The number of allylic oxidation sites excluding steroid dienone is 2. The SMILES string of the molecule is CCc1ccccc1NC(=O)CN1C(=O)[C@H]2[C@@H]3C=C[C@@H]([C@H]4C[C@H]34)[C@@H]2C1=O. The van der Waals surface area contributed by atoms with Crippen molar-refractivity contribution in [3.05, 3.63) is 42.0 Å². The Labute approximate surface area is 152 Å². The molecule has 5 aliphatic rings. The van der Waals surface area contributed by atoms with Gasteiger partial charge in [-0.1, -0.05) is 37.3 Å². The number of rotatable bonds is 4. The molecule has 6 rings (SSSR count). The molecule has 4 aliphatic carbocycles. The van der Waals surface area contributed by atoms with Crippen LogP contribution in [0.25, 0.3) is 0 Å².